The molecule has 0 aliphatic rings. The largest absolute Gasteiger partial charge is 0.370 e. The molecule has 1 aromatic heterocycles. The fraction of sp³-hybridized carbons (Fsp3) is 0.214. The summed E-state index contributed by atoms with van der Waals surface area (Å²) in [5.41, 5.74) is 0.720. The van der Waals surface area contributed by atoms with Crippen molar-refractivity contribution in [2.24, 2.45) is 0 Å². The number of anilines is 3. The van der Waals surface area contributed by atoms with Crippen LogP contribution in [0.3, 0.4) is 0 Å². The van der Waals surface area contributed by atoms with Gasteiger partial charge in [0, 0.05) is 30.6 Å². The van der Waals surface area contributed by atoms with Crippen molar-refractivity contribution in [3.8, 4) is 0 Å². The van der Waals surface area contributed by atoms with Crippen LogP contribution < -0.4 is 10.6 Å². The van der Waals surface area contributed by atoms with Crippen LogP contribution in [0.25, 0.3) is 0 Å². The van der Waals surface area contributed by atoms with Crippen LogP contribution in [0.1, 0.15) is 13.3 Å². The Morgan fingerprint density at radius 1 is 1.20 bits per heavy atom. The van der Waals surface area contributed by atoms with Crippen LogP contribution >= 0.6 is 15.9 Å². The summed E-state index contributed by atoms with van der Waals surface area (Å²) in [6.07, 6.45) is 2.58. The van der Waals surface area contributed by atoms with E-state index in [0.717, 1.165) is 25.1 Å². The molecule has 0 bridgehead atoms. The van der Waals surface area contributed by atoms with Crippen LogP contribution in [0.4, 0.5) is 26.0 Å². The van der Waals surface area contributed by atoms with Crippen LogP contribution in [0.15, 0.2) is 34.9 Å². The van der Waals surface area contributed by atoms with E-state index in [1.165, 1.54) is 0 Å². The minimum absolute atomic E-state index is 0.0818. The Hall–Kier alpha value is -1.69. The maximum Gasteiger partial charge on any atom is 0.147 e. The Labute approximate surface area is 124 Å². The van der Waals surface area contributed by atoms with Crippen molar-refractivity contribution >= 4 is 33.1 Å². The third-order valence-electron chi connectivity index (χ3n) is 2.61. The lowest BCUT2D eigenvalue weighted by molar-refractivity contribution is 0.598. The fourth-order valence-electron chi connectivity index (χ4n) is 1.63. The molecule has 2 N–H and O–H groups in total. The lowest BCUT2D eigenvalue weighted by atomic mass is 10.2. The van der Waals surface area contributed by atoms with Gasteiger partial charge in [-0.15, -0.1) is 0 Å². The third kappa shape index (κ3) is 3.66. The molecule has 0 atom stereocenters. The second kappa shape index (κ2) is 6.65. The van der Waals surface area contributed by atoms with Crippen LogP contribution in [-0.2, 0) is 0 Å². The molecular formula is C14H14BrF2N3. The molecule has 3 nitrogen and oxygen atoms in total. The zero-order valence-corrected chi connectivity index (χ0v) is 12.5. The third-order valence-corrected chi connectivity index (χ3v) is 3.21. The molecule has 0 saturated heterocycles. The average Bonchev–Trinajstić information content (AvgIpc) is 2.43. The predicted octanol–water partition coefficient (Wildman–Crippen LogP) is 4.69. The van der Waals surface area contributed by atoms with Crippen LogP contribution in [0.5, 0.6) is 0 Å². The number of hydrogen-bond acceptors (Lipinski definition) is 3. The van der Waals surface area contributed by atoms with Gasteiger partial charge in [0.05, 0.1) is 10.2 Å². The molecule has 0 spiro atoms. The highest BCUT2D eigenvalue weighted by molar-refractivity contribution is 9.10. The van der Waals surface area contributed by atoms with Gasteiger partial charge in [-0.1, -0.05) is 6.92 Å². The highest BCUT2D eigenvalue weighted by Crippen LogP contribution is 2.26. The van der Waals surface area contributed by atoms with Crippen LogP contribution in [0.2, 0.25) is 0 Å². The number of aromatic nitrogens is 1. The van der Waals surface area contributed by atoms with Gasteiger partial charge < -0.3 is 10.6 Å². The molecule has 1 aromatic carbocycles. The monoisotopic (exact) mass is 341 g/mol. The molecule has 20 heavy (non-hydrogen) atoms. The summed E-state index contributed by atoms with van der Waals surface area (Å²) in [6, 6.07) is 5.64. The maximum absolute atomic E-state index is 13.7. The highest BCUT2D eigenvalue weighted by Gasteiger charge is 2.08. The van der Waals surface area contributed by atoms with Gasteiger partial charge in [-0.05, 0) is 34.5 Å². The van der Waals surface area contributed by atoms with Crippen molar-refractivity contribution < 1.29 is 8.78 Å². The Balaban J connectivity index is 2.19. The number of halogens is 3. The number of nitrogens with one attached hydrogen (secondary N) is 2. The van der Waals surface area contributed by atoms with E-state index in [1.807, 2.05) is 0 Å². The summed E-state index contributed by atoms with van der Waals surface area (Å²) in [7, 11) is 0. The standard InChI is InChI=1S/C14H14BrF2N3/c1-2-4-18-14-6-9(3-5-19-14)20-13-8-11(16)10(15)7-12(13)17/h3,5-8H,2,4H2,1H3,(H2,18,19,20). The smallest absolute Gasteiger partial charge is 0.147 e. The second-order valence-electron chi connectivity index (χ2n) is 4.23. The zero-order valence-electron chi connectivity index (χ0n) is 10.9. The molecule has 2 aromatic rings. The van der Waals surface area contributed by atoms with Crippen molar-refractivity contribution in [1.82, 2.24) is 4.98 Å². The Bertz CT molecular complexity index is 605. The molecule has 6 heteroatoms. The molecule has 0 amide bonds. The molecule has 106 valence electrons. The molecule has 0 saturated carbocycles. The van der Waals surface area contributed by atoms with Gasteiger partial charge in [0.15, 0.2) is 0 Å². The van der Waals surface area contributed by atoms with E-state index < -0.39 is 11.6 Å². The van der Waals surface area contributed by atoms with E-state index >= 15 is 0 Å². The van der Waals surface area contributed by atoms with Crippen LogP contribution in [-0.4, -0.2) is 11.5 Å². The lowest BCUT2D eigenvalue weighted by Crippen LogP contribution is -2.02. The summed E-state index contributed by atoms with van der Waals surface area (Å²) in [4.78, 5) is 4.15. The van der Waals surface area contributed by atoms with Crippen molar-refractivity contribution in [3.05, 3.63) is 46.6 Å². The minimum atomic E-state index is -0.529. The summed E-state index contributed by atoms with van der Waals surface area (Å²) in [6.45, 7) is 2.85. The van der Waals surface area contributed by atoms with E-state index in [4.69, 9.17) is 0 Å². The number of rotatable bonds is 5. The van der Waals surface area contributed by atoms with Gasteiger partial charge in [0.1, 0.15) is 17.5 Å². The Kier molecular flexibility index (Phi) is 4.89. The van der Waals surface area contributed by atoms with Gasteiger partial charge in [0.25, 0.3) is 0 Å². The van der Waals surface area contributed by atoms with E-state index in [-0.39, 0.29) is 10.2 Å². The summed E-state index contributed by atoms with van der Waals surface area (Å²) in [5.74, 6) is -0.361. The lowest BCUT2D eigenvalue weighted by Gasteiger charge is -2.10. The maximum atomic E-state index is 13.7. The van der Waals surface area contributed by atoms with Crippen LogP contribution in [0, 0.1) is 11.6 Å². The summed E-state index contributed by atoms with van der Waals surface area (Å²) in [5, 5.41) is 5.97. The molecule has 0 radical (unpaired) electrons. The first-order valence-corrected chi connectivity index (χ1v) is 7.01. The molecule has 2 rings (SSSR count). The number of nitrogens with zero attached hydrogens (tertiary/aromatic N) is 1. The summed E-state index contributed by atoms with van der Waals surface area (Å²) < 4.78 is 27.3. The quantitative estimate of drug-likeness (QED) is 0.774. The van der Waals surface area contributed by atoms with Gasteiger partial charge in [-0.25, -0.2) is 13.8 Å². The molecule has 0 unspecified atom stereocenters. The van der Waals surface area contributed by atoms with E-state index in [2.05, 4.69) is 38.5 Å². The van der Waals surface area contributed by atoms with Gasteiger partial charge in [-0.3, -0.25) is 0 Å². The highest BCUT2D eigenvalue weighted by atomic mass is 79.9. The van der Waals surface area contributed by atoms with Gasteiger partial charge in [0.2, 0.25) is 0 Å². The second-order valence-corrected chi connectivity index (χ2v) is 5.08. The van der Waals surface area contributed by atoms with Crippen molar-refractivity contribution in [1.29, 1.82) is 0 Å². The minimum Gasteiger partial charge on any atom is -0.370 e. The number of benzene rings is 1. The Morgan fingerprint density at radius 3 is 2.75 bits per heavy atom. The van der Waals surface area contributed by atoms with Crippen molar-refractivity contribution in [2.45, 2.75) is 13.3 Å². The molecule has 0 aliphatic heterocycles. The normalized spacial score (nSPS) is 10.4. The SMILES string of the molecule is CCCNc1cc(Nc2cc(F)c(Br)cc2F)ccn1. The number of hydrogen-bond donors (Lipinski definition) is 2. The van der Waals surface area contributed by atoms with Gasteiger partial charge >= 0.3 is 0 Å². The molecule has 0 aliphatic carbocycles. The first kappa shape index (κ1) is 14.7. The topological polar surface area (TPSA) is 37.0 Å². The number of pyridine rings is 1. The average molecular weight is 342 g/mol. The Morgan fingerprint density at radius 2 is 2.00 bits per heavy atom. The molecular weight excluding hydrogens is 328 g/mol. The first-order valence-electron chi connectivity index (χ1n) is 6.21. The van der Waals surface area contributed by atoms with E-state index in [0.29, 0.717) is 11.5 Å². The van der Waals surface area contributed by atoms with Crippen molar-refractivity contribution in [2.75, 3.05) is 17.2 Å². The molecule has 1 heterocycles. The first-order chi connectivity index (χ1) is 9.60. The fourth-order valence-corrected chi connectivity index (χ4v) is 1.95. The zero-order chi connectivity index (χ0) is 14.5. The predicted molar refractivity (Wildman–Crippen MR) is 80.4 cm³/mol. The molecule has 0 fully saturated rings. The van der Waals surface area contributed by atoms with Crippen molar-refractivity contribution in [3.63, 3.8) is 0 Å². The van der Waals surface area contributed by atoms with Gasteiger partial charge in [-0.2, -0.15) is 0 Å². The summed E-state index contributed by atoms with van der Waals surface area (Å²) >= 11 is 2.94. The van der Waals surface area contributed by atoms with E-state index in [1.54, 1.807) is 18.3 Å². The van der Waals surface area contributed by atoms with E-state index in [9.17, 15) is 8.78 Å².